The van der Waals surface area contributed by atoms with Crippen molar-refractivity contribution in [2.75, 3.05) is 5.32 Å². The van der Waals surface area contributed by atoms with Crippen LogP contribution >= 0.6 is 0 Å². The number of furan rings is 1. The maximum absolute atomic E-state index is 12.1. The Labute approximate surface area is 121 Å². The van der Waals surface area contributed by atoms with Gasteiger partial charge in [-0.1, -0.05) is 18.2 Å². The molecule has 21 heavy (non-hydrogen) atoms. The van der Waals surface area contributed by atoms with Crippen LogP contribution in [0.15, 0.2) is 47.1 Å². The topological polar surface area (TPSA) is 83.4 Å². The van der Waals surface area contributed by atoms with Crippen molar-refractivity contribution in [2.45, 2.75) is 18.9 Å². The monoisotopic (exact) mass is 285 g/mol. The maximum atomic E-state index is 12.1. The fraction of sp³-hybridized carbons (Fsp3) is 0.200. The van der Waals surface area contributed by atoms with Crippen molar-refractivity contribution < 1.29 is 14.0 Å². The van der Waals surface area contributed by atoms with E-state index in [1.165, 1.54) is 6.26 Å². The van der Waals surface area contributed by atoms with E-state index in [0.717, 1.165) is 5.56 Å². The van der Waals surface area contributed by atoms with Gasteiger partial charge >= 0.3 is 0 Å². The van der Waals surface area contributed by atoms with Crippen molar-refractivity contribution in [3.63, 3.8) is 0 Å². The Morgan fingerprint density at radius 3 is 2.81 bits per heavy atom. The van der Waals surface area contributed by atoms with Gasteiger partial charge in [-0.05, 0) is 30.2 Å². The van der Waals surface area contributed by atoms with Crippen LogP contribution in [0.2, 0.25) is 0 Å². The van der Waals surface area contributed by atoms with Gasteiger partial charge in [0.1, 0.15) is 0 Å². The minimum Gasteiger partial charge on any atom is -0.459 e. The Bertz CT molecular complexity index is 642. The van der Waals surface area contributed by atoms with Crippen LogP contribution in [0.3, 0.4) is 0 Å². The Morgan fingerprint density at radius 2 is 2.10 bits per heavy atom. The lowest BCUT2D eigenvalue weighted by Gasteiger charge is -2.26. The molecule has 1 aromatic heterocycles. The molecule has 6 nitrogen and oxygen atoms in total. The number of benzene rings is 1. The van der Waals surface area contributed by atoms with Crippen LogP contribution in [0, 0.1) is 0 Å². The first-order valence-corrected chi connectivity index (χ1v) is 6.72. The Balaban J connectivity index is 1.79. The summed E-state index contributed by atoms with van der Waals surface area (Å²) in [4.78, 5) is 23.3. The van der Waals surface area contributed by atoms with Gasteiger partial charge in [0.05, 0.1) is 12.3 Å². The summed E-state index contributed by atoms with van der Waals surface area (Å²) in [6.45, 7) is 0. The molecule has 1 aliphatic heterocycles. The first-order valence-electron chi connectivity index (χ1n) is 6.72. The molecule has 0 spiro atoms. The second-order valence-corrected chi connectivity index (χ2v) is 4.80. The van der Waals surface area contributed by atoms with Crippen molar-refractivity contribution in [2.24, 2.45) is 0 Å². The number of nitrogens with one attached hydrogen (secondary N) is 3. The molecule has 108 valence electrons. The number of amides is 2. The highest BCUT2D eigenvalue weighted by atomic mass is 16.3. The van der Waals surface area contributed by atoms with Crippen molar-refractivity contribution in [1.82, 2.24) is 10.9 Å². The predicted octanol–water partition coefficient (Wildman–Crippen LogP) is 1.99. The normalized spacial score (nSPS) is 18.1. The van der Waals surface area contributed by atoms with Gasteiger partial charge < -0.3 is 9.73 Å². The summed E-state index contributed by atoms with van der Waals surface area (Å²) >= 11 is 0. The molecule has 2 amide bonds. The summed E-state index contributed by atoms with van der Waals surface area (Å²) < 4.78 is 5.08. The van der Waals surface area contributed by atoms with Crippen molar-refractivity contribution >= 4 is 17.5 Å². The molecule has 3 rings (SSSR count). The molecular weight excluding hydrogens is 270 g/mol. The zero-order valence-corrected chi connectivity index (χ0v) is 11.3. The van der Waals surface area contributed by atoms with E-state index in [0.29, 0.717) is 18.5 Å². The van der Waals surface area contributed by atoms with Crippen LogP contribution in [0.1, 0.15) is 35.0 Å². The van der Waals surface area contributed by atoms with Gasteiger partial charge in [-0.15, -0.1) is 0 Å². The molecule has 0 saturated carbocycles. The maximum Gasteiger partial charge on any atom is 0.291 e. The summed E-state index contributed by atoms with van der Waals surface area (Å²) in [6.07, 6.45) is 2.59. The fourth-order valence-corrected chi connectivity index (χ4v) is 2.32. The number of hydrogen-bond donors (Lipinski definition) is 3. The van der Waals surface area contributed by atoms with Crippen molar-refractivity contribution in [1.29, 1.82) is 0 Å². The lowest BCUT2D eigenvalue weighted by molar-refractivity contribution is -0.124. The fourth-order valence-electron chi connectivity index (χ4n) is 2.32. The Morgan fingerprint density at radius 1 is 1.24 bits per heavy atom. The van der Waals surface area contributed by atoms with Crippen LogP contribution in [0.4, 0.5) is 5.69 Å². The molecule has 0 aliphatic carbocycles. The molecule has 2 aromatic rings. The minimum atomic E-state index is -0.299. The molecule has 0 radical (unpaired) electrons. The number of hydrogen-bond acceptors (Lipinski definition) is 4. The highest BCUT2D eigenvalue weighted by Gasteiger charge is 2.22. The molecule has 6 heteroatoms. The third-order valence-electron chi connectivity index (χ3n) is 3.38. The third-order valence-corrected chi connectivity index (χ3v) is 3.38. The lowest BCUT2D eigenvalue weighted by atomic mass is 9.99. The average molecular weight is 285 g/mol. The Kier molecular flexibility index (Phi) is 3.70. The predicted molar refractivity (Wildman–Crippen MR) is 76.4 cm³/mol. The number of carbonyl (C=O) groups is 2. The lowest BCUT2D eigenvalue weighted by Crippen LogP contribution is -2.44. The number of rotatable bonds is 3. The standard InChI is InChI=1S/C15H15N3O3/c19-14-8-7-12(17-18-14)10-4-1-2-5-11(10)16-15(20)13-6-3-9-21-13/h1-6,9,12,17H,7-8H2,(H,16,20)(H,18,19). The molecule has 2 heterocycles. The van der Waals surface area contributed by atoms with Gasteiger partial charge in [-0.25, -0.2) is 5.43 Å². The molecule has 3 N–H and O–H groups in total. The second-order valence-electron chi connectivity index (χ2n) is 4.80. The largest absolute Gasteiger partial charge is 0.459 e. The van der Waals surface area contributed by atoms with Gasteiger partial charge in [-0.2, -0.15) is 0 Å². The molecule has 1 unspecified atom stereocenters. The van der Waals surface area contributed by atoms with E-state index in [1.807, 2.05) is 24.3 Å². The molecular formula is C15H15N3O3. The van der Waals surface area contributed by atoms with E-state index in [1.54, 1.807) is 12.1 Å². The van der Waals surface area contributed by atoms with Gasteiger partial charge in [-0.3, -0.25) is 15.0 Å². The summed E-state index contributed by atoms with van der Waals surface area (Å²) in [5.41, 5.74) is 7.21. The molecule has 1 aromatic carbocycles. The van der Waals surface area contributed by atoms with E-state index >= 15 is 0 Å². The van der Waals surface area contributed by atoms with E-state index in [4.69, 9.17) is 4.42 Å². The summed E-state index contributed by atoms with van der Waals surface area (Å²) in [5.74, 6) is -0.0645. The molecule has 1 fully saturated rings. The van der Waals surface area contributed by atoms with Crippen molar-refractivity contribution in [3.8, 4) is 0 Å². The van der Waals surface area contributed by atoms with Crippen LogP contribution in [0.25, 0.3) is 0 Å². The van der Waals surface area contributed by atoms with Crippen molar-refractivity contribution in [3.05, 3.63) is 54.0 Å². The van der Waals surface area contributed by atoms with Crippen LogP contribution in [0.5, 0.6) is 0 Å². The van der Waals surface area contributed by atoms with Gasteiger partial charge in [0.15, 0.2) is 5.76 Å². The van der Waals surface area contributed by atoms with E-state index < -0.39 is 0 Å². The summed E-state index contributed by atoms with van der Waals surface area (Å²) in [6, 6.07) is 10.7. The van der Waals surface area contributed by atoms with E-state index in [-0.39, 0.29) is 23.6 Å². The summed E-state index contributed by atoms with van der Waals surface area (Å²) in [5, 5.41) is 2.84. The number of hydrazine groups is 1. The van der Waals surface area contributed by atoms with Gasteiger partial charge in [0.25, 0.3) is 5.91 Å². The number of anilines is 1. The smallest absolute Gasteiger partial charge is 0.291 e. The molecule has 1 atom stereocenters. The molecule has 1 saturated heterocycles. The SMILES string of the molecule is O=C1CCC(c2ccccc2NC(=O)c2ccco2)NN1. The minimum absolute atomic E-state index is 0.0247. The highest BCUT2D eigenvalue weighted by molar-refractivity contribution is 6.02. The quantitative estimate of drug-likeness (QED) is 0.805. The first kappa shape index (κ1) is 13.4. The van der Waals surface area contributed by atoms with Crippen LogP contribution < -0.4 is 16.2 Å². The zero-order chi connectivity index (χ0) is 14.7. The number of carbonyl (C=O) groups excluding carboxylic acids is 2. The average Bonchev–Trinajstić information content (AvgIpc) is 3.03. The first-order chi connectivity index (χ1) is 10.2. The second kappa shape index (κ2) is 5.80. The molecule has 1 aliphatic rings. The van der Waals surface area contributed by atoms with Gasteiger partial charge in [0.2, 0.25) is 5.91 Å². The zero-order valence-electron chi connectivity index (χ0n) is 11.3. The summed E-state index contributed by atoms with van der Waals surface area (Å²) in [7, 11) is 0. The van der Waals surface area contributed by atoms with Crippen LogP contribution in [-0.2, 0) is 4.79 Å². The van der Waals surface area contributed by atoms with Crippen LogP contribution in [-0.4, -0.2) is 11.8 Å². The van der Waals surface area contributed by atoms with E-state index in [9.17, 15) is 9.59 Å². The molecule has 0 bridgehead atoms. The Hall–Kier alpha value is -2.60. The van der Waals surface area contributed by atoms with Gasteiger partial charge in [0, 0.05) is 12.1 Å². The van der Waals surface area contributed by atoms with E-state index in [2.05, 4.69) is 16.2 Å². The number of para-hydroxylation sites is 1. The highest BCUT2D eigenvalue weighted by Crippen LogP contribution is 2.27. The third kappa shape index (κ3) is 2.95.